The number of hydrogen-bond donors (Lipinski definition) is 1. The second-order valence-corrected chi connectivity index (χ2v) is 9.49. The number of halogens is 1. The van der Waals surface area contributed by atoms with Gasteiger partial charge in [-0.1, -0.05) is 11.6 Å². The van der Waals surface area contributed by atoms with E-state index in [1.165, 1.54) is 6.33 Å². The fraction of sp³-hybridized carbons (Fsp3) is 0.440. The molecule has 0 bridgehead atoms. The fourth-order valence-corrected chi connectivity index (χ4v) is 4.69. The minimum absolute atomic E-state index is 0.0650. The molecule has 1 aliphatic rings. The van der Waals surface area contributed by atoms with Crippen LogP contribution in [-0.2, 0) is 27.3 Å². The molecule has 35 heavy (non-hydrogen) atoms. The lowest BCUT2D eigenvalue weighted by Crippen LogP contribution is -2.39. The first-order valence-electron chi connectivity index (χ1n) is 11.7. The normalized spacial score (nSPS) is 16.1. The Morgan fingerprint density at radius 2 is 2.17 bits per heavy atom. The minimum Gasteiger partial charge on any atom is -0.375 e. The van der Waals surface area contributed by atoms with Crippen LogP contribution in [0, 0.1) is 6.92 Å². The number of hydrogen-bond acceptors (Lipinski definition) is 7. The van der Waals surface area contributed by atoms with E-state index < -0.39 is 0 Å². The topological polar surface area (TPSA) is 92.1 Å². The predicted molar refractivity (Wildman–Crippen MR) is 135 cm³/mol. The lowest BCUT2D eigenvalue weighted by molar-refractivity contribution is -0.131. The van der Waals surface area contributed by atoms with E-state index in [0.717, 1.165) is 59.3 Å². The lowest BCUT2D eigenvalue weighted by Gasteiger charge is -2.25. The molecule has 3 aromatic rings. The Morgan fingerprint density at radius 3 is 2.91 bits per heavy atom. The molecule has 4 rings (SSSR count). The molecule has 0 radical (unpaired) electrons. The van der Waals surface area contributed by atoms with Crippen LogP contribution in [0.4, 0.5) is 0 Å². The van der Waals surface area contributed by atoms with Gasteiger partial charge in [0.15, 0.2) is 0 Å². The number of aldehydes is 1. The molecule has 10 heteroatoms. The average Bonchev–Trinajstić information content (AvgIpc) is 3.24. The number of nitrogens with one attached hydrogen (secondary N) is 1. The first kappa shape index (κ1) is 25.2. The van der Waals surface area contributed by atoms with Crippen molar-refractivity contribution in [2.45, 2.75) is 26.0 Å². The highest BCUT2D eigenvalue weighted by molar-refractivity contribution is 6.31. The van der Waals surface area contributed by atoms with Crippen molar-refractivity contribution in [1.29, 1.82) is 0 Å². The van der Waals surface area contributed by atoms with Gasteiger partial charge in [-0.25, -0.2) is 9.50 Å². The number of morpholine rings is 1. The summed E-state index contributed by atoms with van der Waals surface area (Å²) >= 11 is 6.48. The predicted octanol–water partition coefficient (Wildman–Crippen LogP) is 1.98. The zero-order valence-corrected chi connectivity index (χ0v) is 21.1. The molecular formula is C25H31ClN6O3. The van der Waals surface area contributed by atoms with Crippen molar-refractivity contribution in [3.63, 3.8) is 0 Å². The van der Waals surface area contributed by atoms with Crippen molar-refractivity contribution in [2.24, 2.45) is 0 Å². The summed E-state index contributed by atoms with van der Waals surface area (Å²) in [5, 5.41) is 8.43. The molecule has 1 atom stereocenters. The number of ether oxygens (including phenoxy) is 1. The second kappa shape index (κ2) is 11.3. The number of benzene rings is 1. The quantitative estimate of drug-likeness (QED) is 0.451. The molecule has 1 aliphatic heterocycles. The Hall–Kier alpha value is -2.85. The summed E-state index contributed by atoms with van der Waals surface area (Å²) in [6.07, 6.45) is 5.07. The van der Waals surface area contributed by atoms with Crippen molar-refractivity contribution in [1.82, 2.24) is 29.7 Å². The standard InChI is InChI=1S/C25H31ClN6O3/c1-17-8-19(26)10-22(21(17)11-20-12-27-4-7-35-20)25-23-9-18(14-32(23)29-16-28-25)13-31(3)24(34)15-30(2)5-6-33/h6,8-10,14,16,20,27H,4-5,7,11-13,15H2,1-3H3. The molecule has 1 saturated heterocycles. The van der Waals surface area contributed by atoms with Crippen LogP contribution < -0.4 is 5.32 Å². The summed E-state index contributed by atoms with van der Waals surface area (Å²) in [7, 11) is 3.50. The minimum atomic E-state index is -0.0650. The van der Waals surface area contributed by atoms with E-state index in [4.69, 9.17) is 16.3 Å². The molecule has 1 amide bonds. The number of aryl methyl sites for hydroxylation is 1. The van der Waals surface area contributed by atoms with Gasteiger partial charge in [-0.2, -0.15) is 5.10 Å². The Bertz CT molecular complexity index is 1210. The van der Waals surface area contributed by atoms with Gasteiger partial charge in [-0.3, -0.25) is 9.69 Å². The number of likely N-dealkylation sites (N-methyl/N-ethyl adjacent to an activating group) is 2. The van der Waals surface area contributed by atoms with Crippen molar-refractivity contribution in [3.8, 4) is 11.3 Å². The van der Waals surface area contributed by atoms with Gasteiger partial charge in [-0.05, 0) is 48.9 Å². The van der Waals surface area contributed by atoms with Gasteiger partial charge >= 0.3 is 0 Å². The molecule has 9 nitrogen and oxygen atoms in total. The second-order valence-electron chi connectivity index (χ2n) is 9.05. The Balaban J connectivity index is 1.63. The molecule has 186 valence electrons. The Kier molecular flexibility index (Phi) is 8.12. The third kappa shape index (κ3) is 6.05. The summed E-state index contributed by atoms with van der Waals surface area (Å²) in [4.78, 5) is 31.2. The Labute approximate surface area is 210 Å². The van der Waals surface area contributed by atoms with Crippen LogP contribution in [0.1, 0.15) is 16.7 Å². The zero-order valence-electron chi connectivity index (χ0n) is 20.3. The molecule has 1 unspecified atom stereocenters. The van der Waals surface area contributed by atoms with Gasteiger partial charge < -0.3 is 19.7 Å². The van der Waals surface area contributed by atoms with Crippen molar-refractivity contribution < 1.29 is 14.3 Å². The molecule has 3 heterocycles. The van der Waals surface area contributed by atoms with Gasteiger partial charge in [0.2, 0.25) is 5.91 Å². The van der Waals surface area contributed by atoms with Crippen LogP contribution in [0.5, 0.6) is 0 Å². The lowest BCUT2D eigenvalue weighted by atomic mass is 9.94. The van der Waals surface area contributed by atoms with Gasteiger partial charge in [0.1, 0.15) is 12.6 Å². The summed E-state index contributed by atoms with van der Waals surface area (Å²) in [6, 6.07) is 5.93. The molecule has 1 N–H and O–H groups in total. The highest BCUT2D eigenvalue weighted by atomic mass is 35.5. The molecule has 0 saturated carbocycles. The fourth-order valence-electron chi connectivity index (χ4n) is 4.42. The first-order chi connectivity index (χ1) is 16.9. The smallest absolute Gasteiger partial charge is 0.236 e. The van der Waals surface area contributed by atoms with Crippen LogP contribution in [0.25, 0.3) is 16.8 Å². The molecule has 0 spiro atoms. The number of aromatic nitrogens is 3. The number of nitrogens with zero attached hydrogens (tertiary/aromatic N) is 5. The summed E-state index contributed by atoms with van der Waals surface area (Å²) in [6.45, 7) is 5.24. The van der Waals surface area contributed by atoms with E-state index in [0.29, 0.717) is 18.2 Å². The van der Waals surface area contributed by atoms with Crippen LogP contribution in [0.3, 0.4) is 0 Å². The number of rotatable bonds is 9. The van der Waals surface area contributed by atoms with E-state index in [-0.39, 0.29) is 25.1 Å². The highest BCUT2D eigenvalue weighted by Gasteiger charge is 2.21. The van der Waals surface area contributed by atoms with Gasteiger partial charge in [0, 0.05) is 49.9 Å². The monoisotopic (exact) mass is 498 g/mol. The van der Waals surface area contributed by atoms with Gasteiger partial charge in [-0.15, -0.1) is 0 Å². The maximum absolute atomic E-state index is 12.5. The molecule has 2 aromatic heterocycles. The number of carbonyl (C=O) groups is 2. The van der Waals surface area contributed by atoms with Crippen molar-refractivity contribution >= 4 is 29.3 Å². The third-order valence-electron chi connectivity index (χ3n) is 6.23. The number of fused-ring (bicyclic) bond motifs is 1. The van der Waals surface area contributed by atoms with E-state index in [1.807, 2.05) is 24.4 Å². The van der Waals surface area contributed by atoms with E-state index >= 15 is 0 Å². The van der Waals surface area contributed by atoms with Crippen molar-refractivity contribution in [2.75, 3.05) is 46.9 Å². The van der Waals surface area contributed by atoms with Crippen LogP contribution >= 0.6 is 11.6 Å². The SMILES string of the molecule is Cc1cc(Cl)cc(-c2ncnn3cc(CN(C)C(=O)CN(C)CC=O)cc23)c1CC1CNCCO1. The number of amides is 1. The number of carbonyl (C=O) groups excluding carboxylic acids is 2. The third-order valence-corrected chi connectivity index (χ3v) is 6.45. The largest absolute Gasteiger partial charge is 0.375 e. The van der Waals surface area contributed by atoms with E-state index in [2.05, 4.69) is 22.3 Å². The highest BCUT2D eigenvalue weighted by Crippen LogP contribution is 2.33. The van der Waals surface area contributed by atoms with Gasteiger partial charge in [0.25, 0.3) is 0 Å². The van der Waals surface area contributed by atoms with Crippen molar-refractivity contribution in [3.05, 3.63) is 52.4 Å². The van der Waals surface area contributed by atoms with E-state index in [9.17, 15) is 9.59 Å². The van der Waals surface area contributed by atoms with Gasteiger partial charge in [0.05, 0.1) is 37.0 Å². The molecular weight excluding hydrogens is 468 g/mol. The molecule has 1 fully saturated rings. The molecule has 1 aromatic carbocycles. The van der Waals surface area contributed by atoms with E-state index in [1.54, 1.807) is 28.4 Å². The summed E-state index contributed by atoms with van der Waals surface area (Å²) in [5.74, 6) is -0.0650. The Morgan fingerprint density at radius 1 is 1.34 bits per heavy atom. The summed E-state index contributed by atoms with van der Waals surface area (Å²) < 4.78 is 7.75. The maximum Gasteiger partial charge on any atom is 0.236 e. The van der Waals surface area contributed by atoms with Crippen LogP contribution in [-0.4, -0.2) is 89.6 Å². The van der Waals surface area contributed by atoms with Crippen LogP contribution in [0.2, 0.25) is 5.02 Å². The van der Waals surface area contributed by atoms with Crippen LogP contribution in [0.15, 0.2) is 30.7 Å². The summed E-state index contributed by atoms with van der Waals surface area (Å²) in [5.41, 5.74) is 5.76. The zero-order chi connectivity index (χ0) is 24.9. The average molecular weight is 499 g/mol. The first-order valence-corrected chi connectivity index (χ1v) is 12.0. The molecule has 0 aliphatic carbocycles. The maximum atomic E-state index is 12.5.